The summed E-state index contributed by atoms with van der Waals surface area (Å²) in [4.78, 5) is 10.5. The number of nitrogens with zero attached hydrogens (tertiary/aromatic N) is 3. The molecule has 0 aliphatic heterocycles. The van der Waals surface area contributed by atoms with Crippen molar-refractivity contribution >= 4 is 17.4 Å². The zero-order valence-electron chi connectivity index (χ0n) is 20.9. The third-order valence-electron chi connectivity index (χ3n) is 8.45. The Hall–Kier alpha value is -2.67. The van der Waals surface area contributed by atoms with Crippen LogP contribution in [-0.2, 0) is 23.0 Å². The van der Waals surface area contributed by atoms with Gasteiger partial charge in [0.25, 0.3) is 10.9 Å². The molecular weight excluding hydrogens is 458 g/mol. The summed E-state index contributed by atoms with van der Waals surface area (Å²) in [5.41, 5.74) is 5.50. The predicted molar refractivity (Wildman–Crippen MR) is 138 cm³/mol. The van der Waals surface area contributed by atoms with Crippen LogP contribution in [-0.4, -0.2) is 15.1 Å². The highest BCUT2D eigenvalue weighted by Crippen LogP contribution is 2.58. The first-order valence-corrected chi connectivity index (χ1v) is 13.5. The second-order valence-corrected chi connectivity index (χ2v) is 11.9. The predicted octanol–water partition coefficient (Wildman–Crippen LogP) is 7.36. The normalized spacial score (nSPS) is 25.8. The molecule has 5 rings (SSSR count). The Labute approximate surface area is 211 Å². The number of aryl methyl sites for hydroxylation is 1. The van der Waals surface area contributed by atoms with Gasteiger partial charge >= 0.3 is 0 Å². The van der Waals surface area contributed by atoms with Gasteiger partial charge in [0, 0.05) is 23.3 Å². The molecule has 6 nitrogen and oxygen atoms in total. The van der Waals surface area contributed by atoms with Crippen molar-refractivity contribution in [2.24, 2.45) is 5.92 Å². The molecule has 0 amide bonds. The minimum absolute atomic E-state index is 0.0987. The van der Waals surface area contributed by atoms with E-state index in [9.17, 15) is 10.1 Å². The van der Waals surface area contributed by atoms with Crippen LogP contribution in [0.2, 0.25) is 0 Å². The lowest BCUT2D eigenvalue weighted by Crippen LogP contribution is -2.51. The SMILES string of the molecule is CC(C)c1ccc2c(c1)CCC1[C@](C)(c3nnc(SCc4ccc([N+](=O)[O-])cc4)o3)CCC[C@]21C. The van der Waals surface area contributed by atoms with Crippen molar-refractivity contribution in [1.82, 2.24) is 10.2 Å². The summed E-state index contributed by atoms with van der Waals surface area (Å²) < 4.78 is 6.27. The number of nitro groups is 1. The van der Waals surface area contributed by atoms with Crippen molar-refractivity contribution < 1.29 is 9.34 Å². The zero-order chi connectivity index (χ0) is 24.8. The van der Waals surface area contributed by atoms with Crippen molar-refractivity contribution in [3.63, 3.8) is 0 Å². The first-order valence-electron chi connectivity index (χ1n) is 12.5. The minimum atomic E-state index is -0.382. The van der Waals surface area contributed by atoms with E-state index in [1.54, 1.807) is 12.1 Å². The monoisotopic (exact) mass is 491 g/mol. The van der Waals surface area contributed by atoms with E-state index in [2.05, 4.69) is 56.1 Å². The first-order chi connectivity index (χ1) is 16.7. The van der Waals surface area contributed by atoms with Gasteiger partial charge in [-0.15, -0.1) is 10.2 Å². The average Bonchev–Trinajstić information content (AvgIpc) is 3.32. The molecule has 7 heteroatoms. The second kappa shape index (κ2) is 9.08. The van der Waals surface area contributed by atoms with E-state index in [1.165, 1.54) is 47.0 Å². The van der Waals surface area contributed by atoms with Gasteiger partial charge in [-0.1, -0.05) is 76.2 Å². The highest BCUT2D eigenvalue weighted by molar-refractivity contribution is 7.98. The third-order valence-corrected chi connectivity index (χ3v) is 9.34. The van der Waals surface area contributed by atoms with E-state index >= 15 is 0 Å². The molecule has 1 fully saturated rings. The van der Waals surface area contributed by atoms with Gasteiger partial charge in [-0.05, 0) is 65.2 Å². The molecule has 2 aliphatic carbocycles. The van der Waals surface area contributed by atoms with Crippen molar-refractivity contribution in [2.45, 2.75) is 87.5 Å². The van der Waals surface area contributed by atoms with Crippen molar-refractivity contribution in [2.75, 3.05) is 0 Å². The van der Waals surface area contributed by atoms with E-state index in [-0.39, 0.29) is 21.4 Å². The summed E-state index contributed by atoms with van der Waals surface area (Å²) in [6.07, 6.45) is 5.62. The van der Waals surface area contributed by atoms with E-state index in [1.807, 2.05) is 0 Å². The molecule has 0 spiro atoms. The van der Waals surface area contributed by atoms with Gasteiger partial charge in [0.1, 0.15) is 0 Å². The van der Waals surface area contributed by atoms with Gasteiger partial charge in [0.05, 0.1) is 4.92 Å². The smallest absolute Gasteiger partial charge is 0.276 e. The number of thioether (sulfide) groups is 1. The Morgan fingerprint density at radius 3 is 2.57 bits per heavy atom. The third kappa shape index (κ3) is 4.28. The number of fused-ring (bicyclic) bond motifs is 3. The lowest BCUT2D eigenvalue weighted by Gasteiger charge is -2.54. The number of rotatable bonds is 6. The number of aromatic nitrogens is 2. The number of non-ortho nitro benzene ring substituents is 1. The summed E-state index contributed by atoms with van der Waals surface area (Å²) in [6.45, 7) is 9.29. The van der Waals surface area contributed by atoms with Gasteiger partial charge in [0.15, 0.2) is 0 Å². The highest BCUT2D eigenvalue weighted by atomic mass is 32.2. The highest BCUT2D eigenvalue weighted by Gasteiger charge is 2.54. The van der Waals surface area contributed by atoms with Gasteiger partial charge in [-0.2, -0.15) is 0 Å². The molecule has 2 aliphatic rings. The molecule has 184 valence electrons. The quantitative estimate of drug-likeness (QED) is 0.204. The molecule has 1 aromatic heterocycles. The van der Waals surface area contributed by atoms with Gasteiger partial charge in [0.2, 0.25) is 5.89 Å². The number of benzene rings is 2. The van der Waals surface area contributed by atoms with Crippen molar-refractivity contribution in [3.8, 4) is 0 Å². The van der Waals surface area contributed by atoms with Crippen LogP contribution in [0.15, 0.2) is 52.1 Å². The average molecular weight is 492 g/mol. The second-order valence-electron chi connectivity index (χ2n) is 10.9. The van der Waals surface area contributed by atoms with Crippen LogP contribution < -0.4 is 0 Å². The van der Waals surface area contributed by atoms with E-state index < -0.39 is 0 Å². The Kier molecular flexibility index (Phi) is 6.24. The lowest BCUT2D eigenvalue weighted by molar-refractivity contribution is -0.384. The van der Waals surface area contributed by atoms with Crippen LogP contribution in [0.5, 0.6) is 0 Å². The molecule has 1 unspecified atom stereocenters. The molecule has 3 atom stereocenters. The molecule has 0 bridgehead atoms. The Bertz CT molecular complexity index is 1240. The van der Waals surface area contributed by atoms with E-state index in [0.717, 1.165) is 37.1 Å². The fourth-order valence-corrected chi connectivity index (χ4v) is 7.20. The van der Waals surface area contributed by atoms with Crippen LogP contribution in [0.4, 0.5) is 5.69 Å². The van der Waals surface area contributed by atoms with Crippen LogP contribution in [0, 0.1) is 16.0 Å². The summed E-state index contributed by atoms with van der Waals surface area (Å²) in [5, 5.41) is 20.4. The summed E-state index contributed by atoms with van der Waals surface area (Å²) >= 11 is 1.48. The van der Waals surface area contributed by atoms with E-state index in [0.29, 0.717) is 22.8 Å². The van der Waals surface area contributed by atoms with E-state index in [4.69, 9.17) is 4.42 Å². The molecule has 1 heterocycles. The Balaban J connectivity index is 1.36. The standard InChI is InChI=1S/C28H33N3O3S/c1-18(2)20-8-12-23-21(16-20)9-13-24-27(23,3)14-5-15-28(24,4)25-29-30-26(34-25)35-17-19-6-10-22(11-7-19)31(32)33/h6-8,10-12,16,18,24H,5,9,13-15,17H2,1-4H3/t24?,27-,28-/m1/s1. The molecule has 1 saturated carbocycles. The summed E-state index contributed by atoms with van der Waals surface area (Å²) in [5.74, 6) is 2.38. The molecule has 35 heavy (non-hydrogen) atoms. The van der Waals surface area contributed by atoms with Crippen LogP contribution in [0.1, 0.15) is 87.4 Å². The van der Waals surface area contributed by atoms with Crippen LogP contribution >= 0.6 is 11.8 Å². The lowest BCUT2D eigenvalue weighted by atomic mass is 9.49. The maximum atomic E-state index is 10.9. The number of nitro benzene ring substituents is 1. The van der Waals surface area contributed by atoms with Crippen LogP contribution in [0.3, 0.4) is 0 Å². The molecule has 2 aromatic carbocycles. The molecule has 0 N–H and O–H groups in total. The molecule has 0 radical (unpaired) electrons. The van der Waals surface area contributed by atoms with Crippen molar-refractivity contribution in [3.05, 3.63) is 80.7 Å². The topological polar surface area (TPSA) is 82.1 Å². The molecular formula is C28H33N3O3S. The van der Waals surface area contributed by atoms with Gasteiger partial charge in [-0.25, -0.2) is 0 Å². The molecule has 0 saturated heterocycles. The van der Waals surface area contributed by atoms with Gasteiger partial charge in [-0.3, -0.25) is 10.1 Å². The zero-order valence-corrected chi connectivity index (χ0v) is 21.7. The Morgan fingerprint density at radius 1 is 1.11 bits per heavy atom. The summed E-state index contributed by atoms with van der Waals surface area (Å²) in [6, 6.07) is 13.8. The largest absolute Gasteiger partial charge is 0.415 e. The van der Waals surface area contributed by atoms with Crippen LogP contribution in [0.25, 0.3) is 0 Å². The first kappa shape index (κ1) is 24.0. The number of hydrogen-bond acceptors (Lipinski definition) is 6. The minimum Gasteiger partial charge on any atom is -0.415 e. The number of hydrogen-bond donors (Lipinski definition) is 0. The molecule has 3 aromatic rings. The summed E-state index contributed by atoms with van der Waals surface area (Å²) in [7, 11) is 0. The maximum Gasteiger partial charge on any atom is 0.276 e. The fraction of sp³-hybridized carbons (Fsp3) is 0.500. The maximum absolute atomic E-state index is 10.9. The Morgan fingerprint density at radius 2 is 1.86 bits per heavy atom. The fourth-order valence-electron chi connectivity index (χ4n) is 6.48. The van der Waals surface area contributed by atoms with Crippen molar-refractivity contribution in [1.29, 1.82) is 0 Å². The van der Waals surface area contributed by atoms with Gasteiger partial charge < -0.3 is 4.42 Å².